The van der Waals surface area contributed by atoms with Crippen molar-refractivity contribution in [3.63, 3.8) is 0 Å². The van der Waals surface area contributed by atoms with Crippen LogP contribution in [0.1, 0.15) is 89.0 Å². The maximum atomic E-state index is 14.1. The summed E-state index contributed by atoms with van der Waals surface area (Å²) in [6, 6.07) is 10.5. The van der Waals surface area contributed by atoms with Gasteiger partial charge in [-0.1, -0.05) is 69.9 Å². The average molecular weight is 505 g/mol. The second-order valence-corrected chi connectivity index (χ2v) is 10.3. The molecule has 0 aliphatic heterocycles. The third kappa shape index (κ3) is 7.60. The van der Waals surface area contributed by atoms with Crippen molar-refractivity contribution in [2.45, 2.75) is 83.5 Å². The van der Waals surface area contributed by atoms with Crippen LogP contribution in [0, 0.1) is 29.4 Å². The van der Waals surface area contributed by atoms with Crippen LogP contribution in [0.4, 0.5) is 17.6 Å². The summed E-state index contributed by atoms with van der Waals surface area (Å²) in [5.41, 5.74) is 2.50. The fourth-order valence-corrected chi connectivity index (χ4v) is 6.23. The van der Waals surface area contributed by atoms with E-state index in [1.165, 1.54) is 88.3 Å². The van der Waals surface area contributed by atoms with Crippen LogP contribution in [0.5, 0.6) is 5.75 Å². The van der Waals surface area contributed by atoms with Gasteiger partial charge in [0.1, 0.15) is 0 Å². The van der Waals surface area contributed by atoms with Crippen molar-refractivity contribution in [2.24, 2.45) is 17.8 Å². The highest BCUT2D eigenvalue weighted by Gasteiger charge is 2.31. The van der Waals surface area contributed by atoms with Crippen LogP contribution < -0.4 is 4.74 Å². The van der Waals surface area contributed by atoms with E-state index in [0.29, 0.717) is 11.5 Å². The van der Waals surface area contributed by atoms with Crippen molar-refractivity contribution >= 4 is 0 Å². The topological polar surface area (TPSA) is 9.23 Å². The van der Waals surface area contributed by atoms with Gasteiger partial charge in [0.15, 0.2) is 17.4 Å². The number of benzene rings is 2. The minimum absolute atomic E-state index is 0.250. The largest absolute Gasteiger partial charge is 0.457 e. The van der Waals surface area contributed by atoms with Crippen LogP contribution in [0.25, 0.3) is 11.1 Å². The Bertz CT molecular complexity index is 903. The summed E-state index contributed by atoms with van der Waals surface area (Å²) in [4.78, 5) is 0. The van der Waals surface area contributed by atoms with Gasteiger partial charge in [0.25, 0.3) is 0 Å². The van der Waals surface area contributed by atoms with E-state index in [1.54, 1.807) is 0 Å². The third-order valence-corrected chi connectivity index (χ3v) is 8.21. The lowest BCUT2D eigenvalue weighted by Gasteiger charge is -2.38. The molecule has 1 nitrogen and oxygen atoms in total. The summed E-state index contributed by atoms with van der Waals surface area (Å²) >= 11 is 0. The Labute approximate surface area is 214 Å². The van der Waals surface area contributed by atoms with Crippen LogP contribution in [0.3, 0.4) is 0 Å². The summed E-state index contributed by atoms with van der Waals surface area (Å²) in [5.74, 6) is 0.942. The van der Waals surface area contributed by atoms with Crippen molar-refractivity contribution in [1.82, 2.24) is 0 Å². The Hall–Kier alpha value is -2.30. The molecule has 0 saturated heterocycles. The van der Waals surface area contributed by atoms with E-state index in [9.17, 15) is 17.6 Å². The van der Waals surface area contributed by atoms with Gasteiger partial charge in [-0.2, -0.15) is 0 Å². The van der Waals surface area contributed by atoms with Gasteiger partial charge in [-0.3, -0.25) is 0 Å². The molecular formula is C31H40F4O. The standard InChI is InChI=1S/C29H37F3O.C2H3F/c1-2-3-4-20-5-7-21(8-6-20)22-9-11-23(12-10-22)24-13-15-25(16-14-24)26-17-27(31)29(33-19-30)28(32)18-26;1-2-3/h13-18,20-23H,2-12,19H2,1H3;2H,1H2. The molecular weight excluding hydrogens is 464 g/mol. The molecule has 0 amide bonds. The summed E-state index contributed by atoms with van der Waals surface area (Å²) in [6.45, 7) is 3.73. The highest BCUT2D eigenvalue weighted by molar-refractivity contribution is 5.65. The number of ether oxygens (including phenoxy) is 1. The lowest BCUT2D eigenvalue weighted by Crippen LogP contribution is -2.25. The number of rotatable bonds is 8. The van der Waals surface area contributed by atoms with Gasteiger partial charge in [0, 0.05) is 0 Å². The molecule has 0 heterocycles. The second-order valence-electron chi connectivity index (χ2n) is 10.3. The Kier molecular flexibility index (Phi) is 11.3. The quantitative estimate of drug-likeness (QED) is 0.325. The molecule has 0 unspecified atom stereocenters. The minimum Gasteiger partial charge on any atom is -0.457 e. The highest BCUT2D eigenvalue weighted by atomic mass is 19.1. The van der Waals surface area contributed by atoms with Crippen molar-refractivity contribution in [3.8, 4) is 16.9 Å². The SMILES string of the molecule is C=CF.CCCCC1CCC(C2CCC(c3ccc(-c4cc(F)c(OCF)c(F)c4)cc3)CC2)CC1. The van der Waals surface area contributed by atoms with Gasteiger partial charge in [-0.25, -0.2) is 17.6 Å². The molecule has 2 fully saturated rings. The van der Waals surface area contributed by atoms with E-state index in [4.69, 9.17) is 0 Å². The van der Waals surface area contributed by atoms with Gasteiger partial charge >= 0.3 is 0 Å². The fraction of sp³-hybridized carbons (Fsp3) is 0.548. The van der Waals surface area contributed by atoms with E-state index in [1.807, 2.05) is 12.1 Å². The first kappa shape index (κ1) is 28.3. The predicted molar refractivity (Wildman–Crippen MR) is 139 cm³/mol. The van der Waals surface area contributed by atoms with Gasteiger partial charge in [0.05, 0.1) is 6.33 Å². The number of hydrogen-bond donors (Lipinski definition) is 0. The average Bonchev–Trinajstić information content (AvgIpc) is 2.90. The molecule has 0 aromatic heterocycles. The molecule has 2 aromatic carbocycles. The van der Waals surface area contributed by atoms with Crippen LogP contribution in [0.15, 0.2) is 49.3 Å². The van der Waals surface area contributed by atoms with E-state index < -0.39 is 24.2 Å². The van der Waals surface area contributed by atoms with Crippen molar-refractivity contribution in [2.75, 3.05) is 6.86 Å². The molecule has 0 bridgehead atoms. The zero-order chi connectivity index (χ0) is 25.9. The van der Waals surface area contributed by atoms with E-state index in [2.05, 4.69) is 30.4 Å². The maximum Gasteiger partial charge on any atom is 0.228 e. The minimum atomic E-state index is -1.26. The van der Waals surface area contributed by atoms with E-state index >= 15 is 0 Å². The summed E-state index contributed by atoms with van der Waals surface area (Å²) < 4.78 is 55.0. The molecule has 2 aliphatic carbocycles. The molecule has 0 atom stereocenters. The molecule has 4 rings (SSSR count). The van der Waals surface area contributed by atoms with Gasteiger partial charge < -0.3 is 4.74 Å². The van der Waals surface area contributed by atoms with Gasteiger partial charge in [-0.05, 0) is 91.0 Å². The number of halogens is 4. The van der Waals surface area contributed by atoms with E-state index in [0.717, 1.165) is 23.3 Å². The smallest absolute Gasteiger partial charge is 0.228 e. The first-order valence-electron chi connectivity index (χ1n) is 13.5. The predicted octanol–water partition coefficient (Wildman–Crippen LogP) is 10.3. The van der Waals surface area contributed by atoms with Crippen molar-refractivity contribution < 1.29 is 22.3 Å². The first-order chi connectivity index (χ1) is 17.5. The zero-order valence-electron chi connectivity index (χ0n) is 21.5. The van der Waals surface area contributed by atoms with Crippen molar-refractivity contribution in [1.29, 1.82) is 0 Å². The van der Waals surface area contributed by atoms with Crippen molar-refractivity contribution in [3.05, 3.63) is 66.5 Å². The Morgan fingerprint density at radius 1 is 0.861 bits per heavy atom. The Morgan fingerprint density at radius 3 is 1.89 bits per heavy atom. The first-order valence-corrected chi connectivity index (χ1v) is 13.5. The normalized spacial score (nSPS) is 23.9. The monoisotopic (exact) mass is 504 g/mol. The van der Waals surface area contributed by atoms with Gasteiger partial charge in [-0.15, -0.1) is 0 Å². The Balaban J connectivity index is 0.00000115. The second kappa shape index (κ2) is 14.4. The van der Waals surface area contributed by atoms with Crippen LogP contribution in [-0.4, -0.2) is 6.86 Å². The molecule has 0 N–H and O–H groups in total. The molecule has 0 spiro atoms. The van der Waals surface area contributed by atoms with Gasteiger partial charge in [0.2, 0.25) is 6.86 Å². The molecule has 36 heavy (non-hydrogen) atoms. The summed E-state index contributed by atoms with van der Waals surface area (Å²) in [5, 5.41) is 0. The lowest BCUT2D eigenvalue weighted by atomic mass is 9.68. The molecule has 0 radical (unpaired) electrons. The lowest BCUT2D eigenvalue weighted by molar-refractivity contribution is 0.156. The summed E-state index contributed by atoms with van der Waals surface area (Å²) in [6.07, 6.45) is 15.2. The van der Waals surface area contributed by atoms with Crippen LogP contribution in [0.2, 0.25) is 0 Å². The van der Waals surface area contributed by atoms with Crippen LogP contribution >= 0.6 is 0 Å². The third-order valence-electron chi connectivity index (χ3n) is 8.21. The number of unbranched alkanes of at least 4 members (excludes halogenated alkanes) is 1. The molecule has 198 valence electrons. The maximum absolute atomic E-state index is 14.1. The molecule has 2 aromatic rings. The van der Waals surface area contributed by atoms with E-state index in [-0.39, 0.29) is 6.33 Å². The zero-order valence-corrected chi connectivity index (χ0v) is 21.5. The van der Waals surface area contributed by atoms with Crippen LogP contribution in [-0.2, 0) is 0 Å². The Morgan fingerprint density at radius 2 is 1.39 bits per heavy atom. The highest BCUT2D eigenvalue weighted by Crippen LogP contribution is 2.44. The molecule has 2 aliphatic rings. The number of alkyl halides is 1. The molecule has 5 heteroatoms. The summed E-state index contributed by atoms with van der Waals surface area (Å²) in [7, 11) is 0. The fourth-order valence-electron chi connectivity index (χ4n) is 6.23. The number of hydrogen-bond acceptors (Lipinski definition) is 1. The molecule has 2 saturated carbocycles.